The fourth-order valence-electron chi connectivity index (χ4n) is 1.32. The summed E-state index contributed by atoms with van der Waals surface area (Å²) >= 11 is 0. The van der Waals surface area contributed by atoms with Crippen LogP contribution in [-0.4, -0.2) is 0 Å². The summed E-state index contributed by atoms with van der Waals surface area (Å²) in [5, 5.41) is 0. The summed E-state index contributed by atoms with van der Waals surface area (Å²) < 4.78 is 0. The van der Waals surface area contributed by atoms with E-state index < -0.39 is 0 Å². The van der Waals surface area contributed by atoms with E-state index in [4.69, 9.17) is 0 Å². The van der Waals surface area contributed by atoms with Crippen molar-refractivity contribution in [2.45, 2.75) is 26.7 Å². The molecule has 1 aromatic rings. The Morgan fingerprint density at radius 3 is 2.00 bits per heavy atom. The van der Waals surface area contributed by atoms with Gasteiger partial charge in [-0.15, -0.1) is 0 Å². The molecule has 0 aliphatic heterocycles. The van der Waals surface area contributed by atoms with Gasteiger partial charge < -0.3 is 0 Å². The summed E-state index contributed by atoms with van der Waals surface area (Å²) in [6.07, 6.45) is 1.88. The predicted molar refractivity (Wildman–Crippen MR) is 59.8 cm³/mol. The Morgan fingerprint density at radius 1 is 1.08 bits per heavy atom. The van der Waals surface area contributed by atoms with Crippen molar-refractivity contribution in [3.63, 3.8) is 0 Å². The van der Waals surface area contributed by atoms with Crippen LogP contribution in [0.2, 0.25) is 0 Å². The first-order valence-electron chi connectivity index (χ1n) is 4.87. The van der Waals surface area contributed by atoms with Gasteiger partial charge in [0, 0.05) is 0 Å². The van der Waals surface area contributed by atoms with Gasteiger partial charge >= 0.3 is 0 Å². The van der Waals surface area contributed by atoms with Crippen molar-refractivity contribution in [3.8, 4) is 0 Å². The summed E-state index contributed by atoms with van der Waals surface area (Å²) in [4.78, 5) is 0. The number of hydrogen-bond acceptors (Lipinski definition) is 0. The molecule has 70 valence electrons. The first-order chi connectivity index (χ1) is 6.15. The molecule has 0 fully saturated rings. The van der Waals surface area contributed by atoms with E-state index in [0.717, 1.165) is 0 Å². The average Bonchev–Trinajstić information content (AvgIpc) is 2.17. The van der Waals surface area contributed by atoms with E-state index >= 15 is 0 Å². The molecule has 0 amide bonds. The van der Waals surface area contributed by atoms with Crippen LogP contribution in [0.3, 0.4) is 0 Å². The standard InChI is InChI=1S/C13H18/c1-5-12-6-8-13(9-7-12)11(4)10(2)3/h5-11H,1H2,2-4H3. The predicted octanol–water partition coefficient (Wildman–Crippen LogP) is 4.09. The summed E-state index contributed by atoms with van der Waals surface area (Å²) in [7, 11) is 0. The van der Waals surface area contributed by atoms with Crippen molar-refractivity contribution in [2.24, 2.45) is 5.92 Å². The minimum atomic E-state index is 0.638. The molecule has 0 bridgehead atoms. The van der Waals surface area contributed by atoms with Gasteiger partial charge in [-0.1, -0.05) is 57.7 Å². The van der Waals surface area contributed by atoms with Gasteiger partial charge in [-0.3, -0.25) is 0 Å². The molecule has 0 heteroatoms. The topological polar surface area (TPSA) is 0 Å². The van der Waals surface area contributed by atoms with Crippen molar-refractivity contribution >= 4 is 6.08 Å². The molecule has 0 saturated heterocycles. The second-order valence-corrected chi connectivity index (χ2v) is 3.90. The zero-order valence-electron chi connectivity index (χ0n) is 8.75. The largest absolute Gasteiger partial charge is 0.0985 e. The Kier molecular flexibility index (Phi) is 3.30. The van der Waals surface area contributed by atoms with Crippen LogP contribution in [0, 0.1) is 5.92 Å². The lowest BCUT2D eigenvalue weighted by atomic mass is 9.90. The molecule has 0 aliphatic rings. The Morgan fingerprint density at radius 2 is 1.62 bits per heavy atom. The maximum atomic E-state index is 3.74. The van der Waals surface area contributed by atoms with Crippen molar-refractivity contribution in [1.29, 1.82) is 0 Å². The van der Waals surface area contributed by atoms with Gasteiger partial charge in [0.05, 0.1) is 0 Å². The first-order valence-corrected chi connectivity index (χ1v) is 4.87. The Hall–Kier alpha value is -1.04. The molecular formula is C13H18. The molecule has 0 saturated carbocycles. The van der Waals surface area contributed by atoms with Gasteiger partial charge in [0.2, 0.25) is 0 Å². The highest BCUT2D eigenvalue weighted by Crippen LogP contribution is 2.23. The van der Waals surface area contributed by atoms with Crippen LogP contribution in [0.1, 0.15) is 37.8 Å². The lowest BCUT2D eigenvalue weighted by molar-refractivity contribution is 0.535. The van der Waals surface area contributed by atoms with Crippen LogP contribution in [-0.2, 0) is 0 Å². The highest BCUT2D eigenvalue weighted by Gasteiger charge is 2.08. The maximum Gasteiger partial charge on any atom is -0.0167 e. The molecule has 0 heterocycles. The quantitative estimate of drug-likeness (QED) is 0.647. The van der Waals surface area contributed by atoms with E-state index in [-0.39, 0.29) is 0 Å². The minimum absolute atomic E-state index is 0.638. The van der Waals surface area contributed by atoms with E-state index in [0.29, 0.717) is 11.8 Å². The highest BCUT2D eigenvalue weighted by atomic mass is 14.1. The molecule has 13 heavy (non-hydrogen) atoms. The third-order valence-electron chi connectivity index (χ3n) is 2.70. The molecule has 0 N–H and O–H groups in total. The lowest BCUT2D eigenvalue weighted by Gasteiger charge is -2.15. The Bertz CT molecular complexity index is 267. The van der Waals surface area contributed by atoms with Crippen molar-refractivity contribution < 1.29 is 0 Å². The third-order valence-corrected chi connectivity index (χ3v) is 2.70. The van der Waals surface area contributed by atoms with Crippen LogP contribution in [0.4, 0.5) is 0 Å². The van der Waals surface area contributed by atoms with Crippen LogP contribution in [0.15, 0.2) is 30.8 Å². The number of hydrogen-bond donors (Lipinski definition) is 0. The summed E-state index contributed by atoms with van der Waals surface area (Å²) in [5.74, 6) is 1.34. The van der Waals surface area contributed by atoms with Gasteiger partial charge in [0.15, 0.2) is 0 Å². The molecule has 1 aromatic carbocycles. The van der Waals surface area contributed by atoms with E-state index in [1.54, 1.807) is 0 Å². The van der Waals surface area contributed by atoms with Crippen LogP contribution in [0.25, 0.3) is 6.08 Å². The fraction of sp³-hybridized carbons (Fsp3) is 0.385. The van der Waals surface area contributed by atoms with Crippen LogP contribution in [0.5, 0.6) is 0 Å². The molecule has 0 aromatic heterocycles. The first kappa shape index (κ1) is 10.0. The van der Waals surface area contributed by atoms with Crippen molar-refractivity contribution in [1.82, 2.24) is 0 Å². The Balaban J connectivity index is 2.85. The number of rotatable bonds is 3. The Labute approximate surface area is 81.3 Å². The monoisotopic (exact) mass is 174 g/mol. The molecule has 1 unspecified atom stereocenters. The third kappa shape index (κ3) is 2.45. The normalized spacial score (nSPS) is 12.9. The molecule has 0 radical (unpaired) electrons. The molecule has 0 nitrogen and oxygen atoms in total. The lowest BCUT2D eigenvalue weighted by Crippen LogP contribution is -2.01. The van der Waals surface area contributed by atoms with Gasteiger partial charge in [0.1, 0.15) is 0 Å². The molecule has 1 rings (SSSR count). The second-order valence-electron chi connectivity index (χ2n) is 3.90. The SMILES string of the molecule is C=Cc1ccc(C(C)C(C)C)cc1. The highest BCUT2D eigenvalue weighted by molar-refractivity contribution is 5.47. The summed E-state index contributed by atoms with van der Waals surface area (Å²) in [6, 6.07) is 8.64. The zero-order chi connectivity index (χ0) is 9.84. The van der Waals surface area contributed by atoms with Crippen molar-refractivity contribution in [2.75, 3.05) is 0 Å². The van der Waals surface area contributed by atoms with Gasteiger partial charge in [-0.2, -0.15) is 0 Å². The summed E-state index contributed by atoms with van der Waals surface area (Å²) in [5.41, 5.74) is 2.61. The molecule has 0 aliphatic carbocycles. The van der Waals surface area contributed by atoms with Gasteiger partial charge in [-0.05, 0) is 23.0 Å². The van der Waals surface area contributed by atoms with Crippen LogP contribution < -0.4 is 0 Å². The van der Waals surface area contributed by atoms with E-state index in [2.05, 4.69) is 51.6 Å². The van der Waals surface area contributed by atoms with Crippen LogP contribution >= 0.6 is 0 Å². The second kappa shape index (κ2) is 4.27. The smallest absolute Gasteiger partial charge is 0.0167 e. The van der Waals surface area contributed by atoms with E-state index in [9.17, 15) is 0 Å². The molecule has 0 spiro atoms. The molecular weight excluding hydrogens is 156 g/mol. The maximum absolute atomic E-state index is 3.74. The minimum Gasteiger partial charge on any atom is -0.0985 e. The zero-order valence-corrected chi connectivity index (χ0v) is 8.75. The average molecular weight is 174 g/mol. The number of benzene rings is 1. The van der Waals surface area contributed by atoms with Gasteiger partial charge in [-0.25, -0.2) is 0 Å². The molecule has 1 atom stereocenters. The summed E-state index contributed by atoms with van der Waals surface area (Å²) in [6.45, 7) is 10.5. The van der Waals surface area contributed by atoms with Gasteiger partial charge in [0.25, 0.3) is 0 Å². The van der Waals surface area contributed by atoms with E-state index in [1.165, 1.54) is 11.1 Å². The van der Waals surface area contributed by atoms with E-state index in [1.807, 2.05) is 6.08 Å². The van der Waals surface area contributed by atoms with Crippen molar-refractivity contribution in [3.05, 3.63) is 42.0 Å². The fourth-order valence-corrected chi connectivity index (χ4v) is 1.32.